The largest absolute Gasteiger partial charge is 0.384 e. The number of aromatic nitrogens is 3. The van der Waals surface area contributed by atoms with Gasteiger partial charge in [-0.1, -0.05) is 18.2 Å². The molecule has 0 fully saturated rings. The van der Waals surface area contributed by atoms with Gasteiger partial charge in [0.15, 0.2) is 14.9 Å². The average Bonchev–Trinajstić information content (AvgIpc) is 3.52. The molecule has 1 aromatic carbocycles. The van der Waals surface area contributed by atoms with E-state index >= 15 is 0 Å². The van der Waals surface area contributed by atoms with Gasteiger partial charge in [-0.25, -0.2) is 18.8 Å². The second-order valence-corrected chi connectivity index (χ2v) is 11.0. The van der Waals surface area contributed by atoms with Crippen molar-refractivity contribution in [1.29, 1.82) is 0 Å². The van der Waals surface area contributed by atoms with Gasteiger partial charge in [0.1, 0.15) is 5.60 Å². The minimum atomic E-state index is -3.67. The number of nitrogens with one attached hydrogen (secondary N) is 1. The molecule has 2 heterocycles. The number of hydrogen-bond donors (Lipinski definition) is 3. The Morgan fingerprint density at radius 2 is 1.74 bits per heavy atom. The Balaban J connectivity index is 1.51. The van der Waals surface area contributed by atoms with Gasteiger partial charge in [-0.15, -0.1) is 4.36 Å². The van der Waals surface area contributed by atoms with E-state index in [4.69, 9.17) is 10.1 Å². The molecule has 3 aromatic rings. The zero-order valence-electron chi connectivity index (χ0n) is 19.2. The number of carbonyl (C=O) groups excluding carboxylic acids is 1. The number of hydrogen-bond acceptors (Lipinski definition) is 5. The van der Waals surface area contributed by atoms with Crippen LogP contribution < -0.4 is 10.5 Å². The zero-order chi connectivity index (χ0) is 24.1. The van der Waals surface area contributed by atoms with Crippen LogP contribution in [-0.2, 0) is 41.2 Å². The summed E-state index contributed by atoms with van der Waals surface area (Å²) in [5.41, 5.74) is 4.65. The first kappa shape index (κ1) is 22.7. The summed E-state index contributed by atoms with van der Waals surface area (Å²) in [6, 6.07) is 9.78. The first-order chi connectivity index (χ1) is 16.1. The summed E-state index contributed by atoms with van der Waals surface area (Å²) >= 11 is 0. The number of nitrogens with zero attached hydrogens (tertiary/aromatic N) is 4. The normalized spacial score (nSPS) is 16.6. The van der Waals surface area contributed by atoms with Crippen LogP contribution in [0.1, 0.15) is 54.9 Å². The Morgan fingerprint density at radius 3 is 2.32 bits per heavy atom. The number of fused-ring (bicyclic) bond motifs is 2. The fourth-order valence-corrected chi connectivity index (χ4v) is 5.61. The van der Waals surface area contributed by atoms with Crippen molar-refractivity contribution in [2.45, 2.75) is 63.0 Å². The Morgan fingerprint density at radius 1 is 1.12 bits per heavy atom. The number of amides is 2. The number of aryl methyl sites for hydroxylation is 2. The van der Waals surface area contributed by atoms with Gasteiger partial charge < -0.3 is 10.4 Å². The van der Waals surface area contributed by atoms with Crippen LogP contribution >= 0.6 is 0 Å². The van der Waals surface area contributed by atoms with E-state index in [9.17, 15) is 14.1 Å². The van der Waals surface area contributed by atoms with Gasteiger partial charge in [-0.3, -0.25) is 4.98 Å². The molecule has 178 valence electrons. The molecule has 1 atom stereocenters. The molecule has 0 unspecified atom stereocenters. The number of pyridine rings is 1. The van der Waals surface area contributed by atoms with Crippen LogP contribution in [0, 0.1) is 0 Å². The Labute approximate surface area is 198 Å². The summed E-state index contributed by atoms with van der Waals surface area (Å²) in [4.78, 5) is 17.7. The van der Waals surface area contributed by atoms with Gasteiger partial charge in [-0.2, -0.15) is 5.10 Å². The molecule has 4 N–H and O–H groups in total. The highest BCUT2D eigenvalue weighted by molar-refractivity contribution is 7.91. The van der Waals surface area contributed by atoms with Gasteiger partial charge in [0, 0.05) is 17.5 Å². The van der Waals surface area contributed by atoms with Crippen LogP contribution in [-0.4, -0.2) is 30.1 Å². The standard InChI is InChI=1S/C24H28N6O3S/c1-24(2,32)20-14-21(28-30(20)15-8-4-3-5-9-15)34(25,33)29-23(31)27-22-16-10-6-12-18(16)26-19-13-7-11-17(19)22/h3-5,8-9,14,32H,6-7,10-13H2,1-2H3,(H3,25,26,27,29,31,33)/t34-/m1/s1. The van der Waals surface area contributed by atoms with Gasteiger partial charge in [0.25, 0.3) is 0 Å². The maximum Gasteiger partial charge on any atom is 0.354 e. The molecule has 10 heteroatoms. The zero-order valence-corrected chi connectivity index (χ0v) is 20.1. The topological polar surface area (TPSA) is 135 Å². The smallest absolute Gasteiger partial charge is 0.354 e. The minimum absolute atomic E-state index is 0.0752. The number of para-hydroxylation sites is 1. The molecule has 0 bridgehead atoms. The minimum Gasteiger partial charge on any atom is -0.384 e. The van der Waals surface area contributed by atoms with Crippen molar-refractivity contribution < 1.29 is 14.1 Å². The van der Waals surface area contributed by atoms with E-state index in [1.807, 2.05) is 18.2 Å². The third kappa shape index (κ3) is 4.13. The van der Waals surface area contributed by atoms with Gasteiger partial charge in [-0.05, 0) is 75.6 Å². The van der Waals surface area contributed by atoms with E-state index in [0.29, 0.717) is 11.4 Å². The maximum atomic E-state index is 13.4. The molecule has 9 nitrogen and oxygen atoms in total. The number of urea groups is 1. The summed E-state index contributed by atoms with van der Waals surface area (Å²) in [5, 5.41) is 23.9. The van der Waals surface area contributed by atoms with Crippen molar-refractivity contribution in [2.75, 3.05) is 5.32 Å². The van der Waals surface area contributed by atoms with E-state index < -0.39 is 21.5 Å². The molecule has 0 spiro atoms. The quantitative estimate of drug-likeness (QED) is 0.526. The monoisotopic (exact) mass is 480 g/mol. The lowest BCUT2D eigenvalue weighted by atomic mass is 10.1. The molecule has 0 aliphatic heterocycles. The SMILES string of the molecule is CC(C)(O)c1cc([S@](N)(=O)=NC(=O)Nc2c3c(nc4c2CCC4)CCC3)nn1-c1ccccc1. The Bertz CT molecular complexity index is 1370. The van der Waals surface area contributed by atoms with Crippen molar-refractivity contribution in [3.8, 4) is 5.69 Å². The fraction of sp³-hybridized carbons (Fsp3) is 0.375. The summed E-state index contributed by atoms with van der Waals surface area (Å²) in [6.07, 6.45) is 5.48. The highest BCUT2D eigenvalue weighted by Crippen LogP contribution is 2.36. The van der Waals surface area contributed by atoms with Gasteiger partial charge >= 0.3 is 6.03 Å². The van der Waals surface area contributed by atoms with Crippen LogP contribution in [0.5, 0.6) is 0 Å². The van der Waals surface area contributed by atoms with E-state index in [0.717, 1.165) is 66.7 Å². The van der Waals surface area contributed by atoms with Crippen LogP contribution in [0.25, 0.3) is 5.69 Å². The molecule has 0 saturated carbocycles. The predicted octanol–water partition coefficient (Wildman–Crippen LogP) is 3.40. The van der Waals surface area contributed by atoms with Gasteiger partial charge in [0.05, 0.1) is 17.1 Å². The summed E-state index contributed by atoms with van der Waals surface area (Å²) in [5.74, 6) is 0. The summed E-state index contributed by atoms with van der Waals surface area (Å²) < 4.78 is 18.7. The summed E-state index contributed by atoms with van der Waals surface area (Å²) in [6.45, 7) is 3.19. The van der Waals surface area contributed by atoms with E-state index in [2.05, 4.69) is 14.8 Å². The van der Waals surface area contributed by atoms with Crippen LogP contribution in [0.15, 0.2) is 45.8 Å². The number of anilines is 1. The van der Waals surface area contributed by atoms with Gasteiger partial charge in [0.2, 0.25) is 0 Å². The van der Waals surface area contributed by atoms with Crippen molar-refractivity contribution in [1.82, 2.24) is 14.8 Å². The van der Waals surface area contributed by atoms with E-state index in [1.165, 1.54) is 10.7 Å². The number of nitrogens with two attached hydrogens (primary N) is 1. The lowest BCUT2D eigenvalue weighted by Gasteiger charge is -2.18. The number of aliphatic hydroxyl groups is 1. The average molecular weight is 481 g/mol. The number of carbonyl (C=O) groups is 1. The summed E-state index contributed by atoms with van der Waals surface area (Å²) in [7, 11) is -3.67. The van der Waals surface area contributed by atoms with Crippen molar-refractivity contribution >= 4 is 21.6 Å². The highest BCUT2D eigenvalue weighted by Gasteiger charge is 2.29. The lowest BCUT2D eigenvalue weighted by molar-refractivity contribution is 0.0711. The predicted molar refractivity (Wildman–Crippen MR) is 129 cm³/mol. The highest BCUT2D eigenvalue weighted by atomic mass is 32.2. The fourth-order valence-electron chi connectivity index (χ4n) is 4.74. The Hall–Kier alpha value is -3.08. The van der Waals surface area contributed by atoms with Crippen molar-refractivity contribution in [3.05, 3.63) is 64.6 Å². The first-order valence-electron chi connectivity index (χ1n) is 11.4. The molecule has 2 aromatic heterocycles. The molecule has 2 amide bonds. The molecule has 0 radical (unpaired) electrons. The van der Waals surface area contributed by atoms with E-state index in [1.54, 1.807) is 26.0 Å². The number of benzene rings is 1. The number of rotatable bonds is 4. The van der Waals surface area contributed by atoms with Crippen molar-refractivity contribution in [3.63, 3.8) is 0 Å². The molecule has 2 aliphatic carbocycles. The Kier molecular flexibility index (Phi) is 5.54. The lowest BCUT2D eigenvalue weighted by Crippen LogP contribution is -2.20. The molecular weight excluding hydrogens is 452 g/mol. The van der Waals surface area contributed by atoms with Crippen LogP contribution in [0.3, 0.4) is 0 Å². The third-order valence-electron chi connectivity index (χ3n) is 6.32. The second kappa shape index (κ2) is 8.30. The molecule has 2 aliphatic rings. The van der Waals surface area contributed by atoms with Crippen LogP contribution in [0.2, 0.25) is 0 Å². The first-order valence-corrected chi connectivity index (χ1v) is 13.0. The molecule has 34 heavy (non-hydrogen) atoms. The van der Waals surface area contributed by atoms with E-state index in [-0.39, 0.29) is 5.03 Å². The second-order valence-electron chi connectivity index (χ2n) is 9.31. The third-order valence-corrected chi connectivity index (χ3v) is 7.55. The maximum absolute atomic E-state index is 13.4. The van der Waals surface area contributed by atoms with Crippen LogP contribution in [0.4, 0.5) is 10.5 Å². The molecular formula is C24H28N6O3S. The molecule has 5 rings (SSSR count). The molecule has 0 saturated heterocycles. The van der Waals surface area contributed by atoms with Crippen molar-refractivity contribution in [2.24, 2.45) is 9.50 Å².